The van der Waals surface area contributed by atoms with Gasteiger partial charge in [0.05, 0.1) is 19.6 Å². The van der Waals surface area contributed by atoms with Gasteiger partial charge in [-0.25, -0.2) is 4.79 Å². The van der Waals surface area contributed by atoms with Crippen LogP contribution < -0.4 is 5.32 Å². The molecule has 0 saturated heterocycles. The van der Waals surface area contributed by atoms with Crippen molar-refractivity contribution in [3.8, 4) is 0 Å². The second-order valence-electron chi connectivity index (χ2n) is 3.95. The molecule has 0 heterocycles. The number of alkyl carbamates (subject to hydrolysis) is 1. The van der Waals surface area contributed by atoms with Crippen LogP contribution in [0.5, 0.6) is 0 Å². The molecule has 1 rings (SSSR count). The molecule has 1 fully saturated rings. The summed E-state index contributed by atoms with van der Waals surface area (Å²) in [5.41, 5.74) is 0. The molecule has 1 saturated carbocycles. The van der Waals surface area contributed by atoms with E-state index in [9.17, 15) is 9.59 Å². The molecule has 1 aliphatic rings. The van der Waals surface area contributed by atoms with E-state index in [4.69, 9.17) is 4.74 Å². The number of carbonyl (C=O) groups excluding carboxylic acids is 2. The van der Waals surface area contributed by atoms with Crippen LogP contribution in [0.3, 0.4) is 0 Å². The van der Waals surface area contributed by atoms with Crippen molar-refractivity contribution in [1.29, 1.82) is 0 Å². The summed E-state index contributed by atoms with van der Waals surface area (Å²) in [6, 6.07) is 0.0237. The number of rotatable bonds is 3. The Bertz CT molecular complexity index is 254. The molecule has 5 nitrogen and oxygen atoms in total. The van der Waals surface area contributed by atoms with Crippen molar-refractivity contribution in [1.82, 2.24) is 5.32 Å². The summed E-state index contributed by atoms with van der Waals surface area (Å²) in [5.74, 6) is -0.241. The molecule has 0 radical (unpaired) electrons. The van der Waals surface area contributed by atoms with E-state index in [1.807, 2.05) is 0 Å². The number of ether oxygens (including phenoxy) is 2. The van der Waals surface area contributed by atoms with Crippen LogP contribution in [0.1, 0.15) is 32.6 Å². The van der Waals surface area contributed by atoms with Crippen LogP contribution >= 0.6 is 0 Å². The van der Waals surface area contributed by atoms with Crippen molar-refractivity contribution in [3.63, 3.8) is 0 Å². The van der Waals surface area contributed by atoms with Gasteiger partial charge in [-0.05, 0) is 26.2 Å². The number of methoxy groups -OCH3 is 1. The van der Waals surface area contributed by atoms with E-state index in [1.165, 1.54) is 7.11 Å². The fraction of sp³-hybridized carbons (Fsp3) is 0.818. The van der Waals surface area contributed by atoms with Crippen molar-refractivity contribution in [2.45, 2.75) is 38.6 Å². The summed E-state index contributed by atoms with van der Waals surface area (Å²) < 4.78 is 9.51. The predicted octanol–water partition coefficient (Wildman–Crippen LogP) is 1.46. The number of esters is 1. The normalized spacial score (nSPS) is 24.6. The Balaban J connectivity index is 2.40. The molecule has 0 aliphatic heterocycles. The smallest absolute Gasteiger partial charge is 0.407 e. The van der Waals surface area contributed by atoms with E-state index in [2.05, 4.69) is 10.1 Å². The van der Waals surface area contributed by atoms with Gasteiger partial charge in [0.2, 0.25) is 0 Å². The maximum Gasteiger partial charge on any atom is 0.407 e. The maximum atomic E-state index is 11.5. The molecule has 1 aliphatic carbocycles. The van der Waals surface area contributed by atoms with Gasteiger partial charge in [0.1, 0.15) is 0 Å². The van der Waals surface area contributed by atoms with Gasteiger partial charge in [-0.3, -0.25) is 4.79 Å². The first kappa shape index (κ1) is 12.8. The second-order valence-corrected chi connectivity index (χ2v) is 3.95. The standard InChI is InChI=1S/C11H19NO4/c1-3-16-10(13)8-5-4-6-9(7-8)12-11(14)15-2/h8-9H,3-7H2,1-2H3,(H,12,14)/t8-,9+/m1/s1. The van der Waals surface area contributed by atoms with Crippen LogP contribution in [0, 0.1) is 5.92 Å². The molecular weight excluding hydrogens is 210 g/mol. The highest BCUT2D eigenvalue weighted by atomic mass is 16.5. The number of hydrogen-bond donors (Lipinski definition) is 1. The molecule has 1 amide bonds. The summed E-state index contributed by atoms with van der Waals surface area (Å²) in [4.78, 5) is 22.6. The summed E-state index contributed by atoms with van der Waals surface area (Å²) in [7, 11) is 1.33. The van der Waals surface area contributed by atoms with E-state index in [0.717, 1.165) is 19.3 Å². The Labute approximate surface area is 95.5 Å². The Morgan fingerprint density at radius 3 is 2.75 bits per heavy atom. The summed E-state index contributed by atoms with van der Waals surface area (Å²) >= 11 is 0. The minimum absolute atomic E-state index is 0.0237. The zero-order chi connectivity index (χ0) is 12.0. The highest BCUT2D eigenvalue weighted by molar-refractivity contribution is 5.73. The first-order valence-corrected chi connectivity index (χ1v) is 5.68. The molecule has 0 bridgehead atoms. The Kier molecular flexibility index (Phi) is 5.08. The van der Waals surface area contributed by atoms with Crippen molar-refractivity contribution in [2.24, 2.45) is 5.92 Å². The molecule has 0 unspecified atom stereocenters. The monoisotopic (exact) mass is 229 g/mol. The third-order valence-corrected chi connectivity index (χ3v) is 2.80. The molecule has 16 heavy (non-hydrogen) atoms. The quantitative estimate of drug-likeness (QED) is 0.744. The van der Waals surface area contributed by atoms with E-state index < -0.39 is 6.09 Å². The van der Waals surface area contributed by atoms with Gasteiger partial charge in [-0.2, -0.15) is 0 Å². The zero-order valence-corrected chi connectivity index (χ0v) is 9.82. The lowest BCUT2D eigenvalue weighted by atomic mass is 9.86. The summed E-state index contributed by atoms with van der Waals surface area (Å²) in [6.45, 7) is 2.20. The Hall–Kier alpha value is -1.26. The van der Waals surface area contributed by atoms with Gasteiger partial charge < -0.3 is 14.8 Å². The van der Waals surface area contributed by atoms with E-state index in [-0.39, 0.29) is 17.9 Å². The van der Waals surface area contributed by atoms with Crippen LogP contribution in [0.4, 0.5) is 4.79 Å². The first-order valence-electron chi connectivity index (χ1n) is 5.68. The lowest BCUT2D eigenvalue weighted by molar-refractivity contribution is -0.149. The van der Waals surface area contributed by atoms with Crippen molar-refractivity contribution in [3.05, 3.63) is 0 Å². The predicted molar refractivity (Wildman–Crippen MR) is 57.9 cm³/mol. The van der Waals surface area contributed by atoms with E-state index in [0.29, 0.717) is 13.0 Å². The molecule has 92 valence electrons. The first-order chi connectivity index (χ1) is 7.67. The SMILES string of the molecule is CCOC(=O)[C@@H]1CCC[C@H](NC(=O)OC)C1. The lowest BCUT2D eigenvalue weighted by Gasteiger charge is -2.27. The van der Waals surface area contributed by atoms with Crippen molar-refractivity contribution < 1.29 is 19.1 Å². The van der Waals surface area contributed by atoms with Gasteiger partial charge in [-0.1, -0.05) is 6.42 Å². The lowest BCUT2D eigenvalue weighted by Crippen LogP contribution is -2.40. The van der Waals surface area contributed by atoms with Gasteiger partial charge in [0.15, 0.2) is 0 Å². The van der Waals surface area contributed by atoms with Crippen molar-refractivity contribution >= 4 is 12.1 Å². The van der Waals surface area contributed by atoms with Crippen LogP contribution in [0.2, 0.25) is 0 Å². The Morgan fingerprint density at radius 1 is 1.38 bits per heavy atom. The van der Waals surface area contributed by atoms with E-state index >= 15 is 0 Å². The molecule has 0 aromatic rings. The molecule has 0 aromatic heterocycles. The topological polar surface area (TPSA) is 64.6 Å². The average Bonchev–Trinajstić information content (AvgIpc) is 2.29. The van der Waals surface area contributed by atoms with Gasteiger partial charge >= 0.3 is 12.1 Å². The molecule has 1 N–H and O–H groups in total. The largest absolute Gasteiger partial charge is 0.466 e. The van der Waals surface area contributed by atoms with E-state index in [1.54, 1.807) is 6.92 Å². The third-order valence-electron chi connectivity index (χ3n) is 2.80. The number of hydrogen-bond acceptors (Lipinski definition) is 4. The molecule has 5 heteroatoms. The van der Waals surface area contributed by atoms with Crippen LogP contribution in [0.25, 0.3) is 0 Å². The summed E-state index contributed by atoms with van der Waals surface area (Å²) in [6.07, 6.45) is 2.88. The minimum atomic E-state index is -0.436. The molecule has 0 aromatic carbocycles. The number of nitrogens with one attached hydrogen (secondary N) is 1. The Morgan fingerprint density at radius 2 is 2.12 bits per heavy atom. The van der Waals surface area contributed by atoms with Crippen LogP contribution in [0.15, 0.2) is 0 Å². The fourth-order valence-corrected chi connectivity index (χ4v) is 2.02. The van der Waals surface area contributed by atoms with Gasteiger partial charge in [-0.15, -0.1) is 0 Å². The number of carbonyl (C=O) groups is 2. The van der Waals surface area contributed by atoms with Crippen LogP contribution in [-0.4, -0.2) is 31.8 Å². The van der Waals surface area contributed by atoms with Crippen LogP contribution in [-0.2, 0) is 14.3 Å². The minimum Gasteiger partial charge on any atom is -0.466 e. The van der Waals surface area contributed by atoms with Gasteiger partial charge in [0, 0.05) is 6.04 Å². The highest BCUT2D eigenvalue weighted by Gasteiger charge is 2.29. The molecule has 0 spiro atoms. The second kappa shape index (κ2) is 6.35. The molecular formula is C11H19NO4. The number of amides is 1. The third kappa shape index (κ3) is 3.72. The highest BCUT2D eigenvalue weighted by Crippen LogP contribution is 2.25. The molecule has 2 atom stereocenters. The summed E-state index contributed by atoms with van der Waals surface area (Å²) in [5, 5.41) is 2.73. The van der Waals surface area contributed by atoms with Gasteiger partial charge in [0.25, 0.3) is 0 Å². The average molecular weight is 229 g/mol. The maximum absolute atomic E-state index is 11.5. The zero-order valence-electron chi connectivity index (χ0n) is 9.82. The fourth-order valence-electron chi connectivity index (χ4n) is 2.02. The van der Waals surface area contributed by atoms with Crippen molar-refractivity contribution in [2.75, 3.05) is 13.7 Å².